The number of nitrogens with one attached hydrogen (secondary N) is 1. The highest BCUT2D eigenvalue weighted by Crippen LogP contribution is 2.35. The smallest absolute Gasteiger partial charge is 0.133 e. The minimum absolute atomic E-state index is 0.715. The number of methoxy groups -OCH3 is 3. The van der Waals surface area contributed by atoms with Crippen LogP contribution in [-0.2, 0) is 0 Å². The lowest BCUT2D eigenvalue weighted by Gasteiger charge is -2.13. The summed E-state index contributed by atoms with van der Waals surface area (Å²) in [4.78, 5) is 0. The number of rotatable bonds is 6. The van der Waals surface area contributed by atoms with Gasteiger partial charge in [0.05, 0.1) is 26.9 Å². The summed E-state index contributed by atoms with van der Waals surface area (Å²) in [6.07, 6.45) is 2.05. The number of benzene rings is 1. The predicted octanol–water partition coefficient (Wildman–Crippen LogP) is 2.34. The second-order valence-electron chi connectivity index (χ2n) is 3.97. The normalized spacial score (nSPS) is 11.3. The Morgan fingerprint density at radius 1 is 1.11 bits per heavy atom. The highest BCUT2D eigenvalue weighted by Gasteiger charge is 2.11. The largest absolute Gasteiger partial charge is 0.496 e. The van der Waals surface area contributed by atoms with Crippen molar-refractivity contribution in [1.82, 2.24) is 5.32 Å². The molecule has 0 amide bonds. The summed E-state index contributed by atoms with van der Waals surface area (Å²) >= 11 is 0. The van der Waals surface area contributed by atoms with Crippen LogP contribution in [0.5, 0.6) is 17.2 Å². The van der Waals surface area contributed by atoms with Crippen LogP contribution in [0.2, 0.25) is 0 Å². The molecule has 100 valence electrons. The van der Waals surface area contributed by atoms with E-state index < -0.39 is 0 Å². The summed E-state index contributed by atoms with van der Waals surface area (Å²) in [6.45, 7) is 2.87. The highest BCUT2D eigenvalue weighted by molar-refractivity contribution is 5.68. The second kappa shape index (κ2) is 6.91. The third-order valence-electron chi connectivity index (χ3n) is 2.60. The maximum Gasteiger partial charge on any atom is 0.133 e. The van der Waals surface area contributed by atoms with Crippen molar-refractivity contribution >= 4 is 6.08 Å². The van der Waals surface area contributed by atoms with Gasteiger partial charge in [-0.3, -0.25) is 0 Å². The molecular weight excluding hydrogens is 230 g/mol. The third-order valence-corrected chi connectivity index (χ3v) is 2.60. The molecule has 1 aromatic carbocycles. The third kappa shape index (κ3) is 3.40. The van der Waals surface area contributed by atoms with Crippen molar-refractivity contribution in [3.63, 3.8) is 0 Å². The van der Waals surface area contributed by atoms with Gasteiger partial charge in [0.25, 0.3) is 0 Å². The van der Waals surface area contributed by atoms with Crippen LogP contribution in [0.15, 0.2) is 17.7 Å². The van der Waals surface area contributed by atoms with E-state index in [9.17, 15) is 0 Å². The van der Waals surface area contributed by atoms with Crippen molar-refractivity contribution < 1.29 is 14.2 Å². The molecule has 0 bridgehead atoms. The Morgan fingerprint density at radius 2 is 1.67 bits per heavy atom. The van der Waals surface area contributed by atoms with E-state index in [1.165, 1.54) is 5.57 Å². The van der Waals surface area contributed by atoms with Crippen LogP contribution in [0.25, 0.3) is 6.08 Å². The van der Waals surface area contributed by atoms with Crippen LogP contribution in [0, 0.1) is 0 Å². The van der Waals surface area contributed by atoms with Crippen molar-refractivity contribution in [1.29, 1.82) is 0 Å². The van der Waals surface area contributed by atoms with Crippen LogP contribution in [0.4, 0.5) is 0 Å². The van der Waals surface area contributed by atoms with Crippen LogP contribution in [-0.4, -0.2) is 34.9 Å². The summed E-state index contributed by atoms with van der Waals surface area (Å²) < 4.78 is 16.0. The van der Waals surface area contributed by atoms with Gasteiger partial charge in [-0.15, -0.1) is 0 Å². The quantitative estimate of drug-likeness (QED) is 0.842. The zero-order chi connectivity index (χ0) is 13.5. The minimum atomic E-state index is 0.715. The van der Waals surface area contributed by atoms with E-state index >= 15 is 0 Å². The van der Waals surface area contributed by atoms with Gasteiger partial charge < -0.3 is 19.5 Å². The van der Waals surface area contributed by atoms with E-state index in [-0.39, 0.29) is 0 Å². The predicted molar refractivity (Wildman–Crippen MR) is 73.7 cm³/mol. The van der Waals surface area contributed by atoms with Crippen molar-refractivity contribution in [2.75, 3.05) is 34.9 Å². The Balaban J connectivity index is 3.26. The summed E-state index contributed by atoms with van der Waals surface area (Å²) in [5, 5.41) is 3.11. The van der Waals surface area contributed by atoms with Gasteiger partial charge in [-0.05, 0) is 20.0 Å². The summed E-state index contributed by atoms with van der Waals surface area (Å²) in [6, 6.07) is 3.70. The Bertz CT molecular complexity index is 402. The Morgan fingerprint density at radius 3 is 2.06 bits per heavy atom. The molecule has 18 heavy (non-hydrogen) atoms. The standard InChI is InChI=1S/C14H21NO3/c1-10(9-15-2)6-12-13(17-4)7-11(16-3)8-14(12)18-5/h6-8,15H,9H2,1-5H3. The van der Waals surface area contributed by atoms with Crippen LogP contribution < -0.4 is 19.5 Å². The zero-order valence-electron chi connectivity index (χ0n) is 11.7. The van der Waals surface area contributed by atoms with Gasteiger partial charge in [-0.1, -0.05) is 5.57 Å². The Hall–Kier alpha value is -1.68. The molecule has 0 aliphatic rings. The maximum absolute atomic E-state index is 5.38. The van der Waals surface area contributed by atoms with E-state index in [1.807, 2.05) is 25.3 Å². The fraction of sp³-hybridized carbons (Fsp3) is 0.429. The molecule has 0 spiro atoms. The van der Waals surface area contributed by atoms with Crippen LogP contribution >= 0.6 is 0 Å². The van der Waals surface area contributed by atoms with Gasteiger partial charge in [-0.25, -0.2) is 0 Å². The first kappa shape index (κ1) is 14.4. The van der Waals surface area contributed by atoms with Crippen LogP contribution in [0.3, 0.4) is 0 Å². The minimum Gasteiger partial charge on any atom is -0.496 e. The van der Waals surface area contributed by atoms with Crippen molar-refractivity contribution in [2.45, 2.75) is 6.92 Å². The molecule has 0 aromatic heterocycles. The first-order valence-corrected chi connectivity index (χ1v) is 5.78. The van der Waals surface area contributed by atoms with Crippen molar-refractivity contribution in [3.05, 3.63) is 23.3 Å². The van der Waals surface area contributed by atoms with E-state index in [4.69, 9.17) is 14.2 Å². The molecule has 0 saturated carbocycles. The molecule has 0 atom stereocenters. The molecule has 1 rings (SSSR count). The molecular formula is C14H21NO3. The summed E-state index contributed by atoms with van der Waals surface area (Å²) in [7, 11) is 6.81. The summed E-state index contributed by atoms with van der Waals surface area (Å²) in [5.41, 5.74) is 2.12. The van der Waals surface area contributed by atoms with Gasteiger partial charge >= 0.3 is 0 Å². The van der Waals surface area contributed by atoms with Gasteiger partial charge in [0.15, 0.2) is 0 Å². The molecule has 1 aromatic rings. The summed E-state index contributed by atoms with van der Waals surface area (Å²) in [5.74, 6) is 2.19. The molecule has 4 nitrogen and oxygen atoms in total. The number of ether oxygens (including phenoxy) is 3. The molecule has 4 heteroatoms. The molecule has 0 unspecified atom stereocenters. The second-order valence-corrected chi connectivity index (χ2v) is 3.97. The molecule has 0 aliphatic carbocycles. The molecule has 1 N–H and O–H groups in total. The molecule has 0 radical (unpaired) electrons. The lowest BCUT2D eigenvalue weighted by molar-refractivity contribution is 0.374. The van der Waals surface area contributed by atoms with Gasteiger partial charge in [0.2, 0.25) is 0 Å². The fourth-order valence-electron chi connectivity index (χ4n) is 1.75. The number of hydrogen-bond donors (Lipinski definition) is 1. The number of likely N-dealkylation sites (N-methyl/N-ethyl adjacent to an activating group) is 1. The molecule has 0 heterocycles. The lowest BCUT2D eigenvalue weighted by Crippen LogP contribution is -2.08. The van der Waals surface area contributed by atoms with E-state index in [2.05, 4.69) is 12.2 Å². The first-order valence-electron chi connectivity index (χ1n) is 5.78. The average molecular weight is 251 g/mol. The van der Waals surface area contributed by atoms with Crippen molar-refractivity contribution in [3.8, 4) is 17.2 Å². The van der Waals surface area contributed by atoms with E-state index in [0.717, 1.165) is 23.6 Å². The molecule has 0 saturated heterocycles. The van der Waals surface area contributed by atoms with E-state index in [0.29, 0.717) is 5.75 Å². The monoisotopic (exact) mass is 251 g/mol. The van der Waals surface area contributed by atoms with E-state index in [1.54, 1.807) is 21.3 Å². The molecule has 0 aliphatic heterocycles. The topological polar surface area (TPSA) is 39.7 Å². The fourth-order valence-corrected chi connectivity index (χ4v) is 1.75. The van der Waals surface area contributed by atoms with Crippen molar-refractivity contribution in [2.24, 2.45) is 0 Å². The Labute approximate surface area is 109 Å². The molecule has 0 fully saturated rings. The van der Waals surface area contributed by atoms with Crippen LogP contribution in [0.1, 0.15) is 12.5 Å². The number of hydrogen-bond acceptors (Lipinski definition) is 4. The first-order chi connectivity index (χ1) is 8.65. The maximum atomic E-state index is 5.38. The van der Waals surface area contributed by atoms with Gasteiger partial charge in [0, 0.05) is 18.7 Å². The zero-order valence-corrected chi connectivity index (χ0v) is 11.7. The SMILES string of the molecule is CNCC(C)=Cc1c(OC)cc(OC)cc1OC. The highest BCUT2D eigenvalue weighted by atomic mass is 16.5. The lowest BCUT2D eigenvalue weighted by atomic mass is 10.1. The van der Waals surface area contributed by atoms with Gasteiger partial charge in [-0.2, -0.15) is 0 Å². The van der Waals surface area contributed by atoms with Gasteiger partial charge in [0.1, 0.15) is 17.2 Å². The average Bonchev–Trinajstić information content (AvgIpc) is 2.39. The Kier molecular flexibility index (Phi) is 5.52.